The predicted molar refractivity (Wildman–Crippen MR) is 126 cm³/mol. The molecule has 0 bridgehead atoms. The monoisotopic (exact) mass is 480 g/mol. The number of aromatic nitrogens is 4. The van der Waals surface area contributed by atoms with Crippen LogP contribution in [0.1, 0.15) is 45.1 Å². The van der Waals surface area contributed by atoms with Gasteiger partial charge in [0.1, 0.15) is 5.69 Å². The molecule has 1 aliphatic heterocycles. The zero-order chi connectivity index (χ0) is 24.7. The first kappa shape index (κ1) is 22.8. The van der Waals surface area contributed by atoms with Crippen LogP contribution < -0.4 is 10.2 Å². The quantitative estimate of drug-likeness (QED) is 0.445. The number of carbonyl (C=O) groups excluding carboxylic acids is 1. The van der Waals surface area contributed by atoms with Gasteiger partial charge in [0, 0.05) is 42.7 Å². The molecule has 0 radical (unpaired) electrons. The molecule has 3 aromatic heterocycles. The molecule has 5 rings (SSSR count). The summed E-state index contributed by atoms with van der Waals surface area (Å²) in [7, 11) is 0. The number of fused-ring (bicyclic) bond motifs is 1. The summed E-state index contributed by atoms with van der Waals surface area (Å²) in [5.41, 5.74) is 4.27. The number of benzene rings is 1. The number of alkyl halides is 3. The van der Waals surface area contributed by atoms with E-state index in [0.717, 1.165) is 59.9 Å². The van der Waals surface area contributed by atoms with Crippen molar-refractivity contribution in [2.45, 2.75) is 32.4 Å². The van der Waals surface area contributed by atoms with Gasteiger partial charge in [-0.1, -0.05) is 6.07 Å². The first-order chi connectivity index (χ1) is 16.7. The van der Waals surface area contributed by atoms with Crippen LogP contribution in [-0.4, -0.2) is 38.6 Å². The molecule has 4 aromatic rings. The number of nitrogens with one attached hydrogen (secondary N) is 1. The minimum atomic E-state index is -4.53. The smallest absolute Gasteiger partial charge is 0.367 e. The van der Waals surface area contributed by atoms with E-state index in [0.29, 0.717) is 5.56 Å². The van der Waals surface area contributed by atoms with Gasteiger partial charge in [-0.2, -0.15) is 18.3 Å². The molecule has 1 fully saturated rings. The lowest BCUT2D eigenvalue weighted by molar-refractivity contribution is -0.137. The molecular weight excluding hydrogens is 457 g/mol. The first-order valence-corrected chi connectivity index (χ1v) is 11.2. The minimum absolute atomic E-state index is 0.00475. The fourth-order valence-electron chi connectivity index (χ4n) is 4.49. The molecule has 1 atom stereocenters. The van der Waals surface area contributed by atoms with Gasteiger partial charge >= 0.3 is 6.18 Å². The summed E-state index contributed by atoms with van der Waals surface area (Å²) in [5.74, 6) is -0.290. The van der Waals surface area contributed by atoms with Crippen molar-refractivity contribution >= 4 is 22.9 Å². The predicted octanol–water partition coefficient (Wildman–Crippen LogP) is 5.01. The molecule has 35 heavy (non-hydrogen) atoms. The van der Waals surface area contributed by atoms with Crippen LogP contribution in [0.2, 0.25) is 0 Å². The molecular formula is C25H23F3N6O. The van der Waals surface area contributed by atoms with Gasteiger partial charge in [-0.25, -0.2) is 9.50 Å². The Morgan fingerprint density at radius 2 is 1.94 bits per heavy atom. The van der Waals surface area contributed by atoms with Gasteiger partial charge in [0.15, 0.2) is 5.65 Å². The molecule has 1 aliphatic rings. The second-order valence-corrected chi connectivity index (χ2v) is 8.78. The van der Waals surface area contributed by atoms with Crippen molar-refractivity contribution in [1.29, 1.82) is 0 Å². The number of rotatable bonds is 4. The molecule has 1 aromatic carbocycles. The van der Waals surface area contributed by atoms with Gasteiger partial charge in [0.25, 0.3) is 5.91 Å². The fraction of sp³-hybridized carbons (Fsp3) is 0.280. The molecule has 1 unspecified atom stereocenters. The number of pyridine rings is 1. The molecule has 0 spiro atoms. The maximum atomic E-state index is 13.0. The van der Waals surface area contributed by atoms with Crippen molar-refractivity contribution in [3.8, 4) is 0 Å². The lowest BCUT2D eigenvalue weighted by atomic mass is 9.92. The molecule has 0 aliphatic carbocycles. The van der Waals surface area contributed by atoms with Crippen molar-refractivity contribution < 1.29 is 18.0 Å². The topological polar surface area (TPSA) is 75.4 Å². The highest BCUT2D eigenvalue weighted by Gasteiger charge is 2.31. The van der Waals surface area contributed by atoms with Gasteiger partial charge in [-0.15, -0.1) is 0 Å². The van der Waals surface area contributed by atoms with E-state index in [2.05, 4.69) is 25.3 Å². The van der Waals surface area contributed by atoms with Gasteiger partial charge < -0.3 is 10.2 Å². The largest absolute Gasteiger partial charge is 0.417 e. The summed E-state index contributed by atoms with van der Waals surface area (Å²) < 4.78 is 40.7. The average Bonchev–Trinajstić information content (AvgIpc) is 3.46. The summed E-state index contributed by atoms with van der Waals surface area (Å²) in [6.45, 7) is 5.52. The van der Waals surface area contributed by atoms with E-state index < -0.39 is 17.6 Å². The fourth-order valence-corrected chi connectivity index (χ4v) is 4.49. The summed E-state index contributed by atoms with van der Waals surface area (Å²) in [6.07, 6.45) is 2.00. The van der Waals surface area contributed by atoms with Crippen molar-refractivity contribution in [2.75, 3.05) is 23.3 Å². The average molecular weight is 480 g/mol. The van der Waals surface area contributed by atoms with Crippen LogP contribution in [0.5, 0.6) is 0 Å². The Morgan fingerprint density at radius 1 is 1.11 bits per heavy atom. The lowest BCUT2D eigenvalue weighted by Gasteiger charge is -2.18. The van der Waals surface area contributed by atoms with E-state index in [1.165, 1.54) is 6.20 Å². The van der Waals surface area contributed by atoms with Crippen molar-refractivity contribution in [3.63, 3.8) is 0 Å². The van der Waals surface area contributed by atoms with Crippen LogP contribution in [0.3, 0.4) is 0 Å². The number of halogens is 3. The Morgan fingerprint density at radius 3 is 2.74 bits per heavy atom. The van der Waals surface area contributed by atoms with E-state index in [-0.39, 0.29) is 11.6 Å². The molecule has 1 N–H and O–H groups in total. The molecule has 0 saturated carbocycles. The number of hydrogen-bond acceptors (Lipinski definition) is 5. The number of hydrogen-bond donors (Lipinski definition) is 1. The summed E-state index contributed by atoms with van der Waals surface area (Å²) in [6, 6.07) is 8.17. The Kier molecular flexibility index (Phi) is 5.66. The van der Waals surface area contributed by atoms with Crippen molar-refractivity contribution in [3.05, 3.63) is 83.1 Å². The summed E-state index contributed by atoms with van der Waals surface area (Å²) in [5, 5.41) is 6.94. The van der Waals surface area contributed by atoms with E-state index in [9.17, 15) is 18.0 Å². The maximum absolute atomic E-state index is 13.0. The maximum Gasteiger partial charge on any atom is 0.417 e. The summed E-state index contributed by atoms with van der Waals surface area (Å²) in [4.78, 5) is 23.3. The molecule has 1 amide bonds. The number of aryl methyl sites for hydroxylation is 2. The van der Waals surface area contributed by atoms with Gasteiger partial charge in [-0.05, 0) is 55.7 Å². The second kappa shape index (κ2) is 8.68. The van der Waals surface area contributed by atoms with E-state index in [1.807, 2.05) is 44.4 Å². The molecule has 10 heteroatoms. The van der Waals surface area contributed by atoms with Crippen LogP contribution in [0.15, 0.2) is 55.1 Å². The van der Waals surface area contributed by atoms with E-state index in [1.54, 1.807) is 10.6 Å². The third kappa shape index (κ3) is 4.55. The zero-order valence-corrected chi connectivity index (χ0v) is 19.2. The third-order valence-corrected chi connectivity index (χ3v) is 6.32. The highest BCUT2D eigenvalue weighted by Crippen LogP contribution is 2.34. The van der Waals surface area contributed by atoms with Crippen LogP contribution >= 0.6 is 0 Å². The SMILES string of the molecule is Cc1ccn2ncc(N3CCC(c4cc(C(=O)Nc5cncc(C(F)(F)F)c5)ccc4C)C3)c2n1. The number of amides is 1. The number of carbonyl (C=O) groups is 1. The van der Waals surface area contributed by atoms with Crippen LogP contribution in [0.4, 0.5) is 24.5 Å². The Balaban J connectivity index is 1.35. The molecule has 4 heterocycles. The second-order valence-electron chi connectivity index (χ2n) is 8.78. The van der Waals surface area contributed by atoms with Gasteiger partial charge in [0.2, 0.25) is 0 Å². The molecule has 180 valence electrons. The highest BCUT2D eigenvalue weighted by atomic mass is 19.4. The molecule has 1 saturated heterocycles. The Bertz CT molecular complexity index is 1410. The lowest BCUT2D eigenvalue weighted by Crippen LogP contribution is -2.19. The standard InChI is InChI=1S/C25H23F3N6O/c1-15-3-4-17(24(35)32-20-10-19(11-29-12-20)25(26,27)28)9-21(15)18-6-7-33(14-18)22-13-30-34-8-5-16(2)31-23(22)34/h3-5,8-13,18H,6-7,14H2,1-2H3,(H,32,35). The van der Waals surface area contributed by atoms with Crippen LogP contribution in [0, 0.1) is 13.8 Å². The first-order valence-electron chi connectivity index (χ1n) is 11.2. The number of nitrogens with zero attached hydrogens (tertiary/aromatic N) is 5. The Hall–Kier alpha value is -3.95. The number of anilines is 2. The van der Waals surface area contributed by atoms with Crippen LogP contribution in [-0.2, 0) is 6.18 Å². The summed E-state index contributed by atoms with van der Waals surface area (Å²) >= 11 is 0. The minimum Gasteiger partial charge on any atom is -0.367 e. The van der Waals surface area contributed by atoms with Crippen molar-refractivity contribution in [2.24, 2.45) is 0 Å². The van der Waals surface area contributed by atoms with Gasteiger partial charge in [-0.3, -0.25) is 9.78 Å². The Labute approximate surface area is 199 Å². The normalized spacial score (nSPS) is 16.1. The van der Waals surface area contributed by atoms with E-state index >= 15 is 0 Å². The van der Waals surface area contributed by atoms with Crippen LogP contribution in [0.25, 0.3) is 5.65 Å². The third-order valence-electron chi connectivity index (χ3n) is 6.32. The molecule has 7 nitrogen and oxygen atoms in total. The van der Waals surface area contributed by atoms with E-state index in [4.69, 9.17) is 0 Å². The zero-order valence-electron chi connectivity index (χ0n) is 19.2. The van der Waals surface area contributed by atoms with Gasteiger partial charge in [0.05, 0.1) is 23.6 Å². The van der Waals surface area contributed by atoms with Crippen molar-refractivity contribution in [1.82, 2.24) is 19.6 Å². The highest BCUT2D eigenvalue weighted by molar-refractivity contribution is 6.04.